The molecule has 0 aliphatic carbocycles. The van der Waals surface area contributed by atoms with Gasteiger partial charge in [-0.05, 0) is 26.7 Å². The summed E-state index contributed by atoms with van der Waals surface area (Å²) in [5.41, 5.74) is 0. The number of nitrogens with zero attached hydrogens (tertiary/aromatic N) is 3. The zero-order chi connectivity index (χ0) is 11.3. The molecule has 2 amide bonds. The molecule has 4 heteroatoms. The molecule has 0 aromatic heterocycles. The molecule has 0 aromatic carbocycles. The molecule has 4 nitrogen and oxygen atoms in total. The van der Waals surface area contributed by atoms with E-state index >= 15 is 0 Å². The second-order valence-electron chi connectivity index (χ2n) is 3.85. The van der Waals surface area contributed by atoms with Crippen LogP contribution in [0.1, 0.15) is 26.7 Å². The summed E-state index contributed by atoms with van der Waals surface area (Å²) in [6, 6.07) is 2.39. The van der Waals surface area contributed by atoms with Crippen molar-refractivity contribution in [2.45, 2.75) is 26.7 Å². The highest BCUT2D eigenvalue weighted by Gasteiger charge is 2.24. The smallest absolute Gasteiger partial charge is 0.319 e. The van der Waals surface area contributed by atoms with Gasteiger partial charge in [0.05, 0.1) is 6.07 Å². The molecule has 0 spiro atoms. The van der Waals surface area contributed by atoms with Crippen molar-refractivity contribution in [1.82, 2.24) is 9.80 Å². The van der Waals surface area contributed by atoms with Crippen LogP contribution in [-0.4, -0.2) is 42.0 Å². The van der Waals surface area contributed by atoms with E-state index < -0.39 is 0 Å². The number of carbonyl (C=O) groups excluding carboxylic acids is 1. The van der Waals surface area contributed by atoms with Gasteiger partial charge >= 0.3 is 6.03 Å². The SMILES string of the molecule is CCN(CC)C(=O)N1CCC(C#N)CC1. The van der Waals surface area contributed by atoms with E-state index in [1.807, 2.05) is 23.6 Å². The average Bonchev–Trinajstić information content (AvgIpc) is 2.30. The fourth-order valence-corrected chi connectivity index (χ4v) is 1.89. The van der Waals surface area contributed by atoms with Crippen molar-refractivity contribution in [3.05, 3.63) is 0 Å². The first kappa shape index (κ1) is 11.8. The second-order valence-corrected chi connectivity index (χ2v) is 3.85. The summed E-state index contributed by atoms with van der Waals surface area (Å²) in [5.74, 6) is 0.144. The predicted molar refractivity (Wildman–Crippen MR) is 58.2 cm³/mol. The van der Waals surface area contributed by atoms with E-state index in [0.29, 0.717) is 0 Å². The Balaban J connectivity index is 2.46. The van der Waals surface area contributed by atoms with Gasteiger partial charge in [-0.2, -0.15) is 5.26 Å². The molecule has 0 saturated carbocycles. The minimum absolute atomic E-state index is 0.122. The summed E-state index contributed by atoms with van der Waals surface area (Å²) in [7, 11) is 0. The van der Waals surface area contributed by atoms with Gasteiger partial charge in [-0.1, -0.05) is 0 Å². The first-order valence-corrected chi connectivity index (χ1v) is 5.66. The quantitative estimate of drug-likeness (QED) is 0.694. The van der Waals surface area contributed by atoms with E-state index in [0.717, 1.165) is 39.0 Å². The molecule has 1 rings (SSSR count). The molecule has 15 heavy (non-hydrogen) atoms. The van der Waals surface area contributed by atoms with E-state index in [2.05, 4.69) is 6.07 Å². The number of urea groups is 1. The minimum atomic E-state index is 0.122. The van der Waals surface area contributed by atoms with E-state index in [9.17, 15) is 4.79 Å². The Morgan fingerprint density at radius 1 is 1.40 bits per heavy atom. The van der Waals surface area contributed by atoms with Crippen LogP contribution in [0.5, 0.6) is 0 Å². The van der Waals surface area contributed by atoms with Crippen LogP contribution in [0.25, 0.3) is 0 Å². The summed E-state index contributed by atoms with van der Waals surface area (Å²) in [6.45, 7) is 6.95. The maximum atomic E-state index is 11.9. The van der Waals surface area contributed by atoms with Crippen molar-refractivity contribution in [2.75, 3.05) is 26.2 Å². The molecule has 84 valence electrons. The molecular formula is C11H19N3O. The van der Waals surface area contributed by atoms with Crippen LogP contribution in [-0.2, 0) is 0 Å². The van der Waals surface area contributed by atoms with Crippen molar-refractivity contribution in [3.8, 4) is 6.07 Å². The largest absolute Gasteiger partial charge is 0.325 e. The molecular weight excluding hydrogens is 190 g/mol. The fraction of sp³-hybridized carbons (Fsp3) is 0.818. The highest BCUT2D eigenvalue weighted by Crippen LogP contribution is 2.17. The van der Waals surface area contributed by atoms with Crippen molar-refractivity contribution < 1.29 is 4.79 Å². The zero-order valence-corrected chi connectivity index (χ0v) is 9.57. The first-order chi connectivity index (χ1) is 7.22. The van der Waals surface area contributed by atoms with Gasteiger partial charge in [-0.3, -0.25) is 0 Å². The molecule has 1 aliphatic heterocycles. The molecule has 0 atom stereocenters. The molecule has 1 fully saturated rings. The van der Waals surface area contributed by atoms with Crippen LogP contribution in [0.4, 0.5) is 4.79 Å². The van der Waals surface area contributed by atoms with E-state index in [-0.39, 0.29) is 11.9 Å². The van der Waals surface area contributed by atoms with Crippen LogP contribution >= 0.6 is 0 Å². The Hall–Kier alpha value is -1.24. The minimum Gasteiger partial charge on any atom is -0.325 e. The van der Waals surface area contributed by atoms with Gasteiger partial charge in [0.15, 0.2) is 0 Å². The number of hydrogen-bond donors (Lipinski definition) is 0. The number of hydrogen-bond acceptors (Lipinski definition) is 2. The lowest BCUT2D eigenvalue weighted by molar-refractivity contribution is 0.142. The van der Waals surface area contributed by atoms with Gasteiger partial charge in [-0.25, -0.2) is 4.79 Å². The Morgan fingerprint density at radius 2 is 1.93 bits per heavy atom. The lowest BCUT2D eigenvalue weighted by Gasteiger charge is -2.33. The Morgan fingerprint density at radius 3 is 2.33 bits per heavy atom. The molecule has 1 saturated heterocycles. The van der Waals surface area contributed by atoms with Crippen LogP contribution in [0.2, 0.25) is 0 Å². The topological polar surface area (TPSA) is 47.3 Å². The number of rotatable bonds is 2. The predicted octanol–water partition coefficient (Wildman–Crippen LogP) is 1.68. The van der Waals surface area contributed by atoms with Crippen molar-refractivity contribution in [2.24, 2.45) is 5.92 Å². The molecule has 0 bridgehead atoms. The molecule has 0 aromatic rings. The molecule has 0 unspecified atom stereocenters. The highest BCUT2D eigenvalue weighted by molar-refractivity contribution is 5.74. The summed E-state index contributed by atoms with van der Waals surface area (Å²) in [6.07, 6.45) is 1.65. The summed E-state index contributed by atoms with van der Waals surface area (Å²) in [4.78, 5) is 15.6. The van der Waals surface area contributed by atoms with E-state index in [4.69, 9.17) is 5.26 Å². The maximum Gasteiger partial charge on any atom is 0.319 e. The lowest BCUT2D eigenvalue weighted by atomic mass is 9.99. The van der Waals surface area contributed by atoms with Crippen molar-refractivity contribution >= 4 is 6.03 Å². The normalized spacial score (nSPS) is 17.3. The molecule has 0 N–H and O–H groups in total. The fourth-order valence-electron chi connectivity index (χ4n) is 1.89. The van der Waals surface area contributed by atoms with Crippen LogP contribution in [0.15, 0.2) is 0 Å². The van der Waals surface area contributed by atoms with Crippen LogP contribution < -0.4 is 0 Å². The Kier molecular flexibility index (Phi) is 4.41. The average molecular weight is 209 g/mol. The van der Waals surface area contributed by atoms with Gasteiger partial charge < -0.3 is 9.80 Å². The second kappa shape index (κ2) is 5.59. The molecule has 0 radical (unpaired) electrons. The van der Waals surface area contributed by atoms with E-state index in [1.165, 1.54) is 0 Å². The van der Waals surface area contributed by atoms with Crippen molar-refractivity contribution in [1.29, 1.82) is 5.26 Å². The monoisotopic (exact) mass is 209 g/mol. The van der Waals surface area contributed by atoms with Gasteiger partial charge in [-0.15, -0.1) is 0 Å². The third-order valence-electron chi connectivity index (χ3n) is 2.98. The maximum absolute atomic E-state index is 11.9. The number of nitriles is 1. The van der Waals surface area contributed by atoms with E-state index in [1.54, 1.807) is 0 Å². The molecule has 1 heterocycles. The third kappa shape index (κ3) is 2.85. The van der Waals surface area contributed by atoms with Gasteiger partial charge in [0.25, 0.3) is 0 Å². The van der Waals surface area contributed by atoms with Crippen LogP contribution in [0.3, 0.4) is 0 Å². The van der Waals surface area contributed by atoms with Crippen molar-refractivity contribution in [3.63, 3.8) is 0 Å². The number of amides is 2. The van der Waals surface area contributed by atoms with Gasteiger partial charge in [0, 0.05) is 32.1 Å². The lowest BCUT2D eigenvalue weighted by Crippen LogP contribution is -2.46. The summed E-state index contributed by atoms with van der Waals surface area (Å²) < 4.78 is 0. The third-order valence-corrected chi connectivity index (χ3v) is 2.98. The summed E-state index contributed by atoms with van der Waals surface area (Å²) in [5, 5.41) is 8.75. The number of carbonyl (C=O) groups is 1. The number of piperidine rings is 1. The summed E-state index contributed by atoms with van der Waals surface area (Å²) >= 11 is 0. The molecule has 1 aliphatic rings. The number of likely N-dealkylation sites (tertiary alicyclic amines) is 1. The highest BCUT2D eigenvalue weighted by atomic mass is 16.2. The standard InChI is InChI=1S/C11H19N3O/c1-3-13(4-2)11(15)14-7-5-10(9-12)6-8-14/h10H,3-8H2,1-2H3. The zero-order valence-electron chi connectivity index (χ0n) is 9.57. The first-order valence-electron chi connectivity index (χ1n) is 5.66. The van der Waals surface area contributed by atoms with Gasteiger partial charge in [0.1, 0.15) is 0 Å². The Bertz CT molecular complexity index is 247. The van der Waals surface area contributed by atoms with Gasteiger partial charge in [0.2, 0.25) is 0 Å². The van der Waals surface area contributed by atoms with Crippen LogP contribution in [0, 0.1) is 17.2 Å². The Labute approximate surface area is 91.5 Å².